The molecule has 8 nitrogen and oxygen atoms in total. The minimum absolute atomic E-state index is 0.00949. The zero-order valence-electron chi connectivity index (χ0n) is 21.9. The zero-order valence-corrected chi connectivity index (χ0v) is 22.7. The molecule has 1 fully saturated rings. The smallest absolute Gasteiger partial charge is 0.338 e. The Bertz CT molecular complexity index is 1170. The molecular formula is C27H36FN3O5S. The Hall–Kier alpha value is -2.98. The van der Waals surface area contributed by atoms with Gasteiger partial charge in [0.05, 0.1) is 10.5 Å². The Kier molecular flexibility index (Phi) is 9.67. The maximum Gasteiger partial charge on any atom is 0.338 e. The molecule has 1 saturated heterocycles. The van der Waals surface area contributed by atoms with E-state index in [1.807, 2.05) is 32.6 Å². The molecule has 0 aliphatic carbocycles. The third-order valence-electron chi connectivity index (χ3n) is 5.99. The maximum atomic E-state index is 13.3. The molecule has 1 amide bonds. The monoisotopic (exact) mass is 533 g/mol. The highest BCUT2D eigenvalue weighted by Gasteiger charge is 2.29. The molecule has 1 aliphatic rings. The molecule has 1 heterocycles. The zero-order chi connectivity index (χ0) is 27.2. The normalized spacial score (nSPS) is 14.7. The summed E-state index contributed by atoms with van der Waals surface area (Å²) in [5.74, 6) is -0.800. The summed E-state index contributed by atoms with van der Waals surface area (Å²) in [5, 5.41) is 0. The van der Waals surface area contributed by atoms with Crippen LogP contribution in [-0.4, -0.2) is 75.4 Å². The van der Waals surface area contributed by atoms with Gasteiger partial charge >= 0.3 is 5.97 Å². The van der Waals surface area contributed by atoms with Crippen LogP contribution in [0.25, 0.3) is 0 Å². The van der Waals surface area contributed by atoms with E-state index in [1.54, 1.807) is 17.0 Å². The highest BCUT2D eigenvalue weighted by atomic mass is 32.2. The summed E-state index contributed by atoms with van der Waals surface area (Å²) in [5.41, 5.74) is 0.899. The van der Waals surface area contributed by atoms with E-state index < -0.39 is 22.6 Å². The topological polar surface area (TPSA) is 87.2 Å². The van der Waals surface area contributed by atoms with Gasteiger partial charge in [0.1, 0.15) is 5.82 Å². The van der Waals surface area contributed by atoms with Gasteiger partial charge in [-0.2, -0.15) is 4.31 Å². The largest absolute Gasteiger partial charge is 0.452 e. The number of esters is 1. The van der Waals surface area contributed by atoms with Crippen LogP contribution in [0.2, 0.25) is 0 Å². The fourth-order valence-corrected chi connectivity index (χ4v) is 5.70. The number of carbonyl (C=O) groups is 2. The van der Waals surface area contributed by atoms with Crippen molar-refractivity contribution in [3.63, 3.8) is 0 Å². The van der Waals surface area contributed by atoms with Crippen LogP contribution in [-0.2, 0) is 19.6 Å². The molecule has 3 rings (SSSR count). The molecule has 0 N–H and O–H groups in total. The van der Waals surface area contributed by atoms with Crippen molar-refractivity contribution in [2.45, 2.75) is 32.6 Å². The second kappa shape index (κ2) is 12.5. The Labute approximate surface area is 219 Å². The summed E-state index contributed by atoms with van der Waals surface area (Å²) in [7, 11) is -3.84. The molecule has 2 aromatic rings. The van der Waals surface area contributed by atoms with Crippen molar-refractivity contribution in [2.75, 3.05) is 50.8 Å². The van der Waals surface area contributed by atoms with Gasteiger partial charge in [0.15, 0.2) is 6.61 Å². The van der Waals surface area contributed by atoms with Gasteiger partial charge in [-0.05, 0) is 54.3 Å². The molecular weight excluding hydrogens is 497 g/mol. The first-order chi connectivity index (χ1) is 17.5. The van der Waals surface area contributed by atoms with Crippen LogP contribution in [0.1, 0.15) is 38.1 Å². The molecule has 0 radical (unpaired) electrons. The van der Waals surface area contributed by atoms with E-state index in [-0.39, 0.29) is 47.1 Å². The molecule has 0 bridgehead atoms. The summed E-state index contributed by atoms with van der Waals surface area (Å²) < 4.78 is 46.3. The number of hydrogen-bond acceptors (Lipinski definition) is 6. The minimum Gasteiger partial charge on any atom is -0.452 e. The number of halogens is 1. The molecule has 0 saturated carbocycles. The van der Waals surface area contributed by atoms with Crippen molar-refractivity contribution in [1.82, 2.24) is 9.21 Å². The van der Waals surface area contributed by atoms with E-state index in [0.717, 1.165) is 5.69 Å². The first kappa shape index (κ1) is 28.6. The Morgan fingerprint density at radius 1 is 0.946 bits per heavy atom. The number of ether oxygens (including phenoxy) is 1. The maximum absolute atomic E-state index is 13.3. The minimum atomic E-state index is -3.84. The Morgan fingerprint density at radius 2 is 1.54 bits per heavy atom. The van der Waals surface area contributed by atoms with Crippen LogP contribution < -0.4 is 4.90 Å². The number of carbonyl (C=O) groups excluding carboxylic acids is 2. The second-order valence-electron chi connectivity index (χ2n) is 10.1. The number of piperazine rings is 1. The molecule has 2 aromatic carbocycles. The Balaban J connectivity index is 1.62. The van der Waals surface area contributed by atoms with E-state index in [2.05, 4.69) is 0 Å². The van der Waals surface area contributed by atoms with Gasteiger partial charge in [0, 0.05) is 45.0 Å². The van der Waals surface area contributed by atoms with E-state index in [9.17, 15) is 22.4 Å². The summed E-state index contributed by atoms with van der Waals surface area (Å²) in [6.07, 6.45) is 0. The van der Waals surface area contributed by atoms with Gasteiger partial charge in [-0.1, -0.05) is 33.8 Å². The summed E-state index contributed by atoms with van der Waals surface area (Å²) >= 11 is 0. The summed E-state index contributed by atoms with van der Waals surface area (Å²) in [4.78, 5) is 29.0. The highest BCUT2D eigenvalue weighted by molar-refractivity contribution is 7.89. The first-order valence-corrected chi connectivity index (χ1v) is 14.0. The molecule has 37 heavy (non-hydrogen) atoms. The van der Waals surface area contributed by atoms with Gasteiger partial charge in [-0.3, -0.25) is 4.79 Å². The Morgan fingerprint density at radius 3 is 2.11 bits per heavy atom. The molecule has 0 unspecified atom stereocenters. The average Bonchev–Trinajstić information content (AvgIpc) is 2.86. The van der Waals surface area contributed by atoms with Crippen molar-refractivity contribution in [1.29, 1.82) is 0 Å². The van der Waals surface area contributed by atoms with Gasteiger partial charge < -0.3 is 14.5 Å². The van der Waals surface area contributed by atoms with Crippen LogP contribution in [0.5, 0.6) is 0 Å². The lowest BCUT2D eigenvalue weighted by Crippen LogP contribution is -2.48. The molecule has 0 atom stereocenters. The molecule has 1 aliphatic heterocycles. The number of rotatable bonds is 10. The lowest BCUT2D eigenvalue weighted by atomic mass is 10.1. The van der Waals surface area contributed by atoms with Crippen molar-refractivity contribution >= 4 is 27.6 Å². The van der Waals surface area contributed by atoms with Crippen LogP contribution in [0.15, 0.2) is 53.4 Å². The second-order valence-corrected chi connectivity index (χ2v) is 12.0. The number of sulfonamides is 1. The van der Waals surface area contributed by atoms with Gasteiger partial charge in [-0.15, -0.1) is 0 Å². The third kappa shape index (κ3) is 7.75. The molecule has 0 aromatic heterocycles. The van der Waals surface area contributed by atoms with Gasteiger partial charge in [-0.25, -0.2) is 17.6 Å². The quantitative estimate of drug-likeness (QED) is 0.434. The molecule has 0 spiro atoms. The molecule has 202 valence electrons. The van der Waals surface area contributed by atoms with E-state index >= 15 is 0 Å². The summed E-state index contributed by atoms with van der Waals surface area (Å²) in [6.45, 7) is 10.2. The van der Waals surface area contributed by atoms with Crippen LogP contribution in [0.4, 0.5) is 10.1 Å². The van der Waals surface area contributed by atoms with E-state index in [1.165, 1.54) is 40.7 Å². The fraction of sp³-hybridized carbons (Fsp3) is 0.481. The standard InChI is InChI=1S/C27H36FN3O5S/c1-20(2)17-30(18-21(3)4)26(32)19-36-27(33)22-6-5-7-25(16-22)37(34,35)31-14-12-29(13-15-31)24-10-8-23(28)9-11-24/h5-11,16,20-21H,12-15,17-19H2,1-4H3. The highest BCUT2D eigenvalue weighted by Crippen LogP contribution is 2.22. The molecule has 10 heteroatoms. The van der Waals surface area contributed by atoms with E-state index in [0.29, 0.717) is 26.2 Å². The predicted octanol–water partition coefficient (Wildman–Crippen LogP) is 3.63. The van der Waals surface area contributed by atoms with Crippen LogP contribution >= 0.6 is 0 Å². The van der Waals surface area contributed by atoms with E-state index in [4.69, 9.17) is 4.74 Å². The number of benzene rings is 2. The third-order valence-corrected chi connectivity index (χ3v) is 7.88. The lowest BCUT2D eigenvalue weighted by molar-refractivity contribution is -0.135. The van der Waals surface area contributed by atoms with Crippen LogP contribution in [0, 0.1) is 17.7 Å². The van der Waals surface area contributed by atoms with Crippen molar-refractivity contribution in [3.8, 4) is 0 Å². The number of amides is 1. The number of hydrogen-bond donors (Lipinski definition) is 0. The van der Waals surface area contributed by atoms with Crippen molar-refractivity contribution < 1.29 is 27.1 Å². The van der Waals surface area contributed by atoms with Crippen molar-refractivity contribution in [3.05, 3.63) is 59.9 Å². The number of anilines is 1. The van der Waals surface area contributed by atoms with Gasteiger partial charge in [0.25, 0.3) is 5.91 Å². The fourth-order valence-electron chi connectivity index (χ4n) is 4.23. The number of nitrogens with zero attached hydrogens (tertiary/aromatic N) is 3. The van der Waals surface area contributed by atoms with Gasteiger partial charge in [0.2, 0.25) is 10.0 Å². The van der Waals surface area contributed by atoms with Crippen molar-refractivity contribution in [2.24, 2.45) is 11.8 Å². The lowest BCUT2D eigenvalue weighted by Gasteiger charge is -2.35. The van der Waals surface area contributed by atoms with Crippen LogP contribution in [0.3, 0.4) is 0 Å². The predicted molar refractivity (Wildman–Crippen MR) is 140 cm³/mol. The summed E-state index contributed by atoms with van der Waals surface area (Å²) in [6, 6.07) is 11.8. The SMILES string of the molecule is CC(C)CN(CC(C)C)C(=O)COC(=O)c1cccc(S(=O)(=O)N2CCN(c3ccc(F)cc3)CC2)c1. The average molecular weight is 534 g/mol. The first-order valence-electron chi connectivity index (χ1n) is 12.5.